The molecule has 0 spiro atoms. The zero-order valence-corrected chi connectivity index (χ0v) is 13.7. The lowest BCUT2D eigenvalue weighted by Crippen LogP contribution is -2.39. The van der Waals surface area contributed by atoms with E-state index in [-0.39, 0.29) is 23.1 Å². The molecule has 1 aromatic heterocycles. The van der Waals surface area contributed by atoms with Gasteiger partial charge in [0, 0.05) is 6.04 Å². The highest BCUT2D eigenvalue weighted by atomic mass is 32.2. The molecule has 0 aliphatic heterocycles. The van der Waals surface area contributed by atoms with Crippen molar-refractivity contribution in [1.82, 2.24) is 20.3 Å². The number of carbonyl (C=O) groups excluding carboxylic acids is 1. The fourth-order valence-corrected chi connectivity index (χ4v) is 3.29. The van der Waals surface area contributed by atoms with Gasteiger partial charge in [-0.25, -0.2) is 0 Å². The van der Waals surface area contributed by atoms with Gasteiger partial charge in [0.1, 0.15) is 5.82 Å². The van der Waals surface area contributed by atoms with E-state index in [4.69, 9.17) is 11.5 Å². The van der Waals surface area contributed by atoms with Crippen molar-refractivity contribution in [2.24, 2.45) is 0 Å². The molecule has 1 atom stereocenters. The zero-order valence-electron chi connectivity index (χ0n) is 12.9. The minimum atomic E-state index is -0.164. The SMILES string of the molecule is CC(SCc1nc(N)nc(N)n1)C(=O)NC1CCCCCC1. The predicted octanol–water partition coefficient (Wildman–Crippen LogP) is 1.50. The fourth-order valence-electron chi connectivity index (χ4n) is 2.54. The van der Waals surface area contributed by atoms with Gasteiger partial charge in [-0.2, -0.15) is 15.0 Å². The number of carbonyl (C=O) groups is 1. The van der Waals surface area contributed by atoms with E-state index in [0.29, 0.717) is 17.6 Å². The Hall–Kier alpha value is -1.57. The third-order valence-electron chi connectivity index (χ3n) is 3.75. The Bertz CT molecular complexity index is 484. The van der Waals surface area contributed by atoms with E-state index in [9.17, 15) is 4.79 Å². The number of amides is 1. The molecule has 5 N–H and O–H groups in total. The summed E-state index contributed by atoms with van der Waals surface area (Å²) in [5.41, 5.74) is 11.1. The van der Waals surface area contributed by atoms with Crippen LogP contribution in [0.5, 0.6) is 0 Å². The smallest absolute Gasteiger partial charge is 0.233 e. The molecule has 22 heavy (non-hydrogen) atoms. The van der Waals surface area contributed by atoms with Gasteiger partial charge in [-0.1, -0.05) is 25.7 Å². The van der Waals surface area contributed by atoms with Gasteiger partial charge >= 0.3 is 0 Å². The van der Waals surface area contributed by atoms with Gasteiger partial charge in [0.2, 0.25) is 17.8 Å². The number of anilines is 2. The normalized spacial score (nSPS) is 17.7. The van der Waals surface area contributed by atoms with Crippen LogP contribution in [-0.4, -0.2) is 32.2 Å². The summed E-state index contributed by atoms with van der Waals surface area (Å²) in [6.07, 6.45) is 7.14. The Labute approximate surface area is 135 Å². The predicted molar refractivity (Wildman–Crippen MR) is 89.0 cm³/mol. The molecule has 1 amide bonds. The lowest BCUT2D eigenvalue weighted by atomic mass is 10.1. The van der Waals surface area contributed by atoms with Crippen LogP contribution in [0, 0.1) is 0 Å². The summed E-state index contributed by atoms with van der Waals surface area (Å²) in [5, 5.41) is 2.99. The summed E-state index contributed by atoms with van der Waals surface area (Å²) in [6.45, 7) is 1.89. The standard InChI is InChI=1S/C14H24N6OS/c1-9(12(21)17-10-6-4-2-3-5-7-10)22-8-11-18-13(15)20-14(16)19-11/h9-10H,2-8H2,1H3,(H,17,21)(H4,15,16,18,19,20). The number of nitrogen functional groups attached to an aromatic ring is 2. The van der Waals surface area contributed by atoms with E-state index >= 15 is 0 Å². The van der Waals surface area contributed by atoms with Crippen LogP contribution in [0.2, 0.25) is 0 Å². The monoisotopic (exact) mass is 324 g/mol. The first-order valence-electron chi connectivity index (χ1n) is 7.72. The van der Waals surface area contributed by atoms with Crippen molar-refractivity contribution < 1.29 is 4.79 Å². The van der Waals surface area contributed by atoms with Crippen molar-refractivity contribution in [3.05, 3.63) is 5.82 Å². The molecule has 0 bridgehead atoms. The molecule has 2 rings (SSSR count). The largest absolute Gasteiger partial charge is 0.368 e. The number of nitrogens with one attached hydrogen (secondary N) is 1. The lowest BCUT2D eigenvalue weighted by Gasteiger charge is -2.19. The quantitative estimate of drug-likeness (QED) is 0.702. The minimum absolute atomic E-state index is 0.0758. The van der Waals surface area contributed by atoms with Crippen LogP contribution in [0.15, 0.2) is 0 Å². The van der Waals surface area contributed by atoms with Crippen LogP contribution in [0.4, 0.5) is 11.9 Å². The molecule has 0 radical (unpaired) electrons. The van der Waals surface area contributed by atoms with E-state index in [1.807, 2.05) is 6.92 Å². The van der Waals surface area contributed by atoms with Crippen molar-refractivity contribution in [2.75, 3.05) is 11.5 Å². The molecule has 0 saturated heterocycles. The van der Waals surface area contributed by atoms with Gasteiger partial charge in [0.05, 0.1) is 11.0 Å². The first kappa shape index (κ1) is 16.8. The van der Waals surface area contributed by atoms with Crippen LogP contribution in [0.3, 0.4) is 0 Å². The van der Waals surface area contributed by atoms with Crippen molar-refractivity contribution in [2.45, 2.75) is 62.5 Å². The lowest BCUT2D eigenvalue weighted by molar-refractivity contribution is -0.121. The average molecular weight is 324 g/mol. The van der Waals surface area contributed by atoms with E-state index < -0.39 is 0 Å². The highest BCUT2D eigenvalue weighted by Crippen LogP contribution is 2.20. The molecule has 1 fully saturated rings. The van der Waals surface area contributed by atoms with E-state index in [1.54, 1.807) is 0 Å². The molecule has 0 aromatic carbocycles. The van der Waals surface area contributed by atoms with Gasteiger partial charge in [0.25, 0.3) is 0 Å². The third-order valence-corrected chi connectivity index (χ3v) is 4.89. The highest BCUT2D eigenvalue weighted by molar-refractivity contribution is 7.99. The molecule has 7 nitrogen and oxygen atoms in total. The second-order valence-corrected chi connectivity index (χ2v) is 6.95. The van der Waals surface area contributed by atoms with Crippen molar-refractivity contribution in [3.8, 4) is 0 Å². The number of thioether (sulfide) groups is 1. The fraction of sp³-hybridized carbons (Fsp3) is 0.714. The topological polar surface area (TPSA) is 120 Å². The van der Waals surface area contributed by atoms with Gasteiger partial charge in [-0.3, -0.25) is 4.79 Å². The molecule has 1 aliphatic rings. The van der Waals surface area contributed by atoms with Crippen LogP contribution in [0.1, 0.15) is 51.3 Å². The number of aromatic nitrogens is 3. The Balaban J connectivity index is 1.80. The molecule has 1 saturated carbocycles. The maximum Gasteiger partial charge on any atom is 0.233 e. The van der Waals surface area contributed by atoms with Crippen molar-refractivity contribution in [1.29, 1.82) is 0 Å². The molecule has 122 valence electrons. The Kier molecular flexibility index (Phi) is 6.23. The number of hydrogen-bond donors (Lipinski definition) is 3. The number of hydrogen-bond acceptors (Lipinski definition) is 7. The number of nitrogens with two attached hydrogens (primary N) is 2. The number of nitrogens with zero attached hydrogens (tertiary/aromatic N) is 3. The van der Waals surface area contributed by atoms with E-state index in [1.165, 1.54) is 37.4 Å². The molecular weight excluding hydrogens is 300 g/mol. The van der Waals surface area contributed by atoms with Gasteiger partial charge < -0.3 is 16.8 Å². The summed E-state index contributed by atoms with van der Waals surface area (Å²) < 4.78 is 0. The van der Waals surface area contributed by atoms with Gasteiger partial charge in [-0.15, -0.1) is 11.8 Å². The Morgan fingerprint density at radius 2 is 1.77 bits per heavy atom. The van der Waals surface area contributed by atoms with Crippen LogP contribution in [0.25, 0.3) is 0 Å². The molecular formula is C14H24N6OS. The molecule has 1 aromatic rings. The summed E-state index contributed by atoms with van der Waals surface area (Å²) in [5.74, 6) is 1.28. The Morgan fingerprint density at radius 1 is 1.18 bits per heavy atom. The molecule has 8 heteroatoms. The zero-order chi connectivity index (χ0) is 15.9. The Morgan fingerprint density at radius 3 is 2.36 bits per heavy atom. The third kappa shape index (κ3) is 5.32. The molecule has 1 unspecified atom stereocenters. The molecule has 1 heterocycles. The molecule has 1 aliphatic carbocycles. The van der Waals surface area contributed by atoms with Crippen LogP contribution >= 0.6 is 11.8 Å². The van der Waals surface area contributed by atoms with Gasteiger partial charge in [-0.05, 0) is 19.8 Å². The maximum absolute atomic E-state index is 12.2. The summed E-state index contributed by atoms with van der Waals surface area (Å²) in [4.78, 5) is 24.0. The van der Waals surface area contributed by atoms with Crippen LogP contribution < -0.4 is 16.8 Å². The maximum atomic E-state index is 12.2. The van der Waals surface area contributed by atoms with E-state index in [2.05, 4.69) is 20.3 Å². The second-order valence-electron chi connectivity index (χ2n) is 5.62. The van der Waals surface area contributed by atoms with Crippen LogP contribution in [-0.2, 0) is 10.5 Å². The first-order chi connectivity index (χ1) is 10.5. The van der Waals surface area contributed by atoms with Crippen molar-refractivity contribution in [3.63, 3.8) is 0 Å². The highest BCUT2D eigenvalue weighted by Gasteiger charge is 2.19. The first-order valence-corrected chi connectivity index (χ1v) is 8.77. The summed E-state index contributed by atoms with van der Waals surface area (Å²) in [6, 6.07) is 0.321. The van der Waals surface area contributed by atoms with E-state index in [0.717, 1.165) is 12.8 Å². The summed E-state index contributed by atoms with van der Waals surface area (Å²) >= 11 is 1.47. The van der Waals surface area contributed by atoms with Gasteiger partial charge in [0.15, 0.2) is 0 Å². The van der Waals surface area contributed by atoms with Crippen molar-refractivity contribution >= 4 is 29.6 Å². The second kappa shape index (κ2) is 8.17. The number of rotatable bonds is 5. The average Bonchev–Trinajstić information content (AvgIpc) is 2.72. The summed E-state index contributed by atoms with van der Waals surface area (Å²) in [7, 11) is 0. The minimum Gasteiger partial charge on any atom is -0.368 e.